The van der Waals surface area contributed by atoms with E-state index >= 15 is 0 Å². The quantitative estimate of drug-likeness (QED) is 0.744. The van der Waals surface area contributed by atoms with E-state index in [0.29, 0.717) is 38.0 Å². The topological polar surface area (TPSA) is 108 Å². The number of carbonyl (C=O) groups excluding carboxylic acids is 1. The third-order valence-corrected chi connectivity index (χ3v) is 4.63. The highest BCUT2D eigenvalue weighted by atomic mass is 35.5. The average molecular weight is 343 g/mol. The van der Waals surface area contributed by atoms with Crippen molar-refractivity contribution in [1.29, 1.82) is 0 Å². The van der Waals surface area contributed by atoms with Gasteiger partial charge in [-0.3, -0.25) is 4.79 Å². The lowest BCUT2D eigenvalue weighted by atomic mass is 10.2. The number of halogens is 1. The lowest BCUT2D eigenvalue weighted by Gasteiger charge is -2.19. The molecule has 1 aromatic heterocycles. The number of aromatic nitrogens is 2. The molecule has 1 aliphatic carbocycles. The van der Waals surface area contributed by atoms with E-state index in [1.54, 1.807) is 0 Å². The molecule has 0 unspecified atom stereocenters. The van der Waals surface area contributed by atoms with E-state index in [1.165, 1.54) is 6.20 Å². The SMILES string of the molecule is O=C(N[C@H]1CC[C@@H](O)C1)O[C@@H]1CCN(c2cn[nH]c(=O)c2Cl)C1. The van der Waals surface area contributed by atoms with Gasteiger partial charge in [-0.15, -0.1) is 0 Å². The summed E-state index contributed by atoms with van der Waals surface area (Å²) in [7, 11) is 0. The third-order valence-electron chi connectivity index (χ3n) is 4.26. The molecule has 23 heavy (non-hydrogen) atoms. The summed E-state index contributed by atoms with van der Waals surface area (Å²) in [6.45, 7) is 1.09. The number of alkyl carbamates (subject to hydrolysis) is 1. The molecule has 126 valence electrons. The molecule has 3 N–H and O–H groups in total. The van der Waals surface area contributed by atoms with E-state index in [4.69, 9.17) is 16.3 Å². The molecular weight excluding hydrogens is 324 g/mol. The van der Waals surface area contributed by atoms with Gasteiger partial charge in [-0.05, 0) is 19.3 Å². The first-order chi connectivity index (χ1) is 11.0. The smallest absolute Gasteiger partial charge is 0.407 e. The van der Waals surface area contributed by atoms with Crippen molar-refractivity contribution in [2.45, 2.75) is 43.9 Å². The number of rotatable bonds is 3. The molecule has 9 heteroatoms. The van der Waals surface area contributed by atoms with Crippen molar-refractivity contribution < 1.29 is 14.6 Å². The van der Waals surface area contributed by atoms with E-state index in [-0.39, 0.29) is 23.3 Å². The van der Waals surface area contributed by atoms with Gasteiger partial charge in [0.25, 0.3) is 5.56 Å². The average Bonchev–Trinajstić information content (AvgIpc) is 3.11. The molecule has 2 aliphatic rings. The molecule has 0 radical (unpaired) electrons. The lowest BCUT2D eigenvalue weighted by Crippen LogP contribution is -2.37. The normalized spacial score (nSPS) is 27.2. The zero-order valence-electron chi connectivity index (χ0n) is 12.5. The second-order valence-electron chi connectivity index (χ2n) is 5.97. The van der Waals surface area contributed by atoms with Crippen molar-refractivity contribution in [3.05, 3.63) is 21.6 Å². The van der Waals surface area contributed by atoms with Gasteiger partial charge < -0.3 is 20.1 Å². The van der Waals surface area contributed by atoms with Crippen molar-refractivity contribution in [1.82, 2.24) is 15.5 Å². The summed E-state index contributed by atoms with van der Waals surface area (Å²) in [5, 5.41) is 18.3. The van der Waals surface area contributed by atoms with E-state index in [0.717, 1.165) is 6.42 Å². The fourth-order valence-corrected chi connectivity index (χ4v) is 3.29. The largest absolute Gasteiger partial charge is 0.444 e. The van der Waals surface area contributed by atoms with Crippen LogP contribution in [0.4, 0.5) is 10.5 Å². The summed E-state index contributed by atoms with van der Waals surface area (Å²) in [5.41, 5.74) is 0.104. The highest BCUT2D eigenvalue weighted by Crippen LogP contribution is 2.26. The van der Waals surface area contributed by atoms with Crippen molar-refractivity contribution in [2.75, 3.05) is 18.0 Å². The van der Waals surface area contributed by atoms with Crippen LogP contribution in [0.25, 0.3) is 0 Å². The maximum Gasteiger partial charge on any atom is 0.407 e. The number of amides is 1. The minimum Gasteiger partial charge on any atom is -0.444 e. The molecule has 2 heterocycles. The molecule has 1 saturated carbocycles. The minimum atomic E-state index is -0.467. The van der Waals surface area contributed by atoms with Crippen LogP contribution in [-0.4, -0.2) is 52.7 Å². The highest BCUT2D eigenvalue weighted by molar-refractivity contribution is 6.33. The lowest BCUT2D eigenvalue weighted by molar-refractivity contribution is 0.104. The molecule has 1 saturated heterocycles. The molecular formula is C14H19ClN4O4. The molecule has 3 atom stereocenters. The number of H-pyrrole nitrogens is 1. The maximum absolute atomic E-state index is 11.9. The number of nitrogens with one attached hydrogen (secondary N) is 2. The molecule has 0 bridgehead atoms. The van der Waals surface area contributed by atoms with Crippen LogP contribution in [0.1, 0.15) is 25.7 Å². The highest BCUT2D eigenvalue weighted by Gasteiger charge is 2.30. The van der Waals surface area contributed by atoms with Gasteiger partial charge in [0.1, 0.15) is 11.1 Å². The Kier molecular flexibility index (Phi) is 4.72. The Hall–Kier alpha value is -1.80. The Balaban J connectivity index is 1.52. The van der Waals surface area contributed by atoms with E-state index in [9.17, 15) is 14.7 Å². The van der Waals surface area contributed by atoms with Gasteiger partial charge in [-0.2, -0.15) is 5.10 Å². The van der Waals surface area contributed by atoms with E-state index in [2.05, 4.69) is 15.5 Å². The predicted molar refractivity (Wildman–Crippen MR) is 83.7 cm³/mol. The summed E-state index contributed by atoms with van der Waals surface area (Å²) in [6.07, 6.45) is 3.11. The Morgan fingerprint density at radius 3 is 3.04 bits per heavy atom. The second kappa shape index (κ2) is 6.76. The number of hydrogen-bond donors (Lipinski definition) is 3. The van der Waals surface area contributed by atoms with E-state index < -0.39 is 11.7 Å². The summed E-state index contributed by atoms with van der Waals surface area (Å²) in [6, 6.07) is -0.0265. The fraction of sp³-hybridized carbons (Fsp3) is 0.643. The Labute approximate surface area is 137 Å². The van der Waals surface area contributed by atoms with Crippen molar-refractivity contribution >= 4 is 23.4 Å². The number of carbonyl (C=O) groups is 1. The van der Waals surface area contributed by atoms with Crippen LogP contribution in [-0.2, 0) is 4.74 Å². The number of ether oxygens (including phenoxy) is 1. The molecule has 3 rings (SSSR count). The number of aromatic amines is 1. The summed E-state index contributed by atoms with van der Waals surface area (Å²) in [5.74, 6) is 0. The van der Waals surface area contributed by atoms with Gasteiger partial charge in [0, 0.05) is 19.0 Å². The first kappa shape index (κ1) is 16.1. The monoisotopic (exact) mass is 342 g/mol. The Bertz CT molecular complexity index is 637. The minimum absolute atomic E-state index is 0.0265. The van der Waals surface area contributed by atoms with Crippen LogP contribution < -0.4 is 15.8 Å². The van der Waals surface area contributed by atoms with Gasteiger partial charge >= 0.3 is 6.09 Å². The standard InChI is InChI=1S/C14H19ClN4O4/c15-12-11(6-16-18-13(12)21)19-4-3-10(7-19)23-14(22)17-8-1-2-9(20)5-8/h6,8-10,20H,1-5,7H2,(H,17,22)(H,18,21)/t8-,9+,10+/m0/s1. The van der Waals surface area contributed by atoms with Crippen LogP contribution >= 0.6 is 11.6 Å². The van der Waals surface area contributed by atoms with Gasteiger partial charge in [0.2, 0.25) is 0 Å². The molecule has 1 amide bonds. The molecule has 1 aliphatic heterocycles. The van der Waals surface area contributed by atoms with Crippen molar-refractivity contribution in [3.8, 4) is 0 Å². The number of hydrogen-bond acceptors (Lipinski definition) is 6. The molecule has 0 spiro atoms. The zero-order valence-corrected chi connectivity index (χ0v) is 13.3. The summed E-state index contributed by atoms with van der Waals surface area (Å²) < 4.78 is 5.41. The maximum atomic E-state index is 11.9. The molecule has 8 nitrogen and oxygen atoms in total. The molecule has 1 aromatic rings. The number of aliphatic hydroxyl groups excluding tert-OH is 1. The van der Waals surface area contributed by atoms with Crippen LogP contribution in [0, 0.1) is 0 Å². The van der Waals surface area contributed by atoms with Crippen LogP contribution in [0.2, 0.25) is 5.02 Å². The second-order valence-corrected chi connectivity index (χ2v) is 6.35. The molecule has 0 aromatic carbocycles. The predicted octanol–water partition coefficient (Wildman–Crippen LogP) is 0.642. The van der Waals surface area contributed by atoms with Gasteiger partial charge in [0.15, 0.2) is 0 Å². The van der Waals surface area contributed by atoms with Crippen LogP contribution in [0.5, 0.6) is 0 Å². The number of anilines is 1. The number of aliphatic hydroxyl groups is 1. The van der Waals surface area contributed by atoms with Crippen LogP contribution in [0.3, 0.4) is 0 Å². The number of nitrogens with zero attached hydrogens (tertiary/aromatic N) is 2. The fourth-order valence-electron chi connectivity index (χ4n) is 3.08. The molecule has 2 fully saturated rings. The van der Waals surface area contributed by atoms with Crippen molar-refractivity contribution in [3.63, 3.8) is 0 Å². The summed E-state index contributed by atoms with van der Waals surface area (Å²) in [4.78, 5) is 25.3. The van der Waals surface area contributed by atoms with Crippen LogP contribution in [0.15, 0.2) is 11.0 Å². The van der Waals surface area contributed by atoms with Crippen molar-refractivity contribution in [2.24, 2.45) is 0 Å². The third kappa shape index (κ3) is 3.76. The first-order valence-corrected chi connectivity index (χ1v) is 8.04. The Morgan fingerprint density at radius 1 is 1.48 bits per heavy atom. The van der Waals surface area contributed by atoms with Gasteiger partial charge in [0.05, 0.1) is 24.5 Å². The zero-order chi connectivity index (χ0) is 16.4. The van der Waals surface area contributed by atoms with Gasteiger partial charge in [-0.25, -0.2) is 9.89 Å². The van der Waals surface area contributed by atoms with Gasteiger partial charge in [-0.1, -0.05) is 11.6 Å². The Morgan fingerprint density at radius 2 is 2.30 bits per heavy atom. The summed E-state index contributed by atoms with van der Waals surface area (Å²) >= 11 is 5.98. The first-order valence-electron chi connectivity index (χ1n) is 7.66. The van der Waals surface area contributed by atoms with E-state index in [1.807, 2.05) is 4.90 Å².